The lowest BCUT2D eigenvalue weighted by molar-refractivity contribution is 0.0954. The first-order valence-corrected chi connectivity index (χ1v) is 7.28. The maximum absolute atomic E-state index is 12.3. The van der Waals surface area contributed by atoms with Gasteiger partial charge in [-0.15, -0.1) is 0 Å². The quantitative estimate of drug-likeness (QED) is 0.803. The van der Waals surface area contributed by atoms with E-state index in [0.717, 1.165) is 18.7 Å². The summed E-state index contributed by atoms with van der Waals surface area (Å²) >= 11 is 6.20. The fourth-order valence-corrected chi connectivity index (χ4v) is 2.27. The van der Waals surface area contributed by atoms with Crippen LogP contribution < -0.4 is 10.6 Å². The van der Waals surface area contributed by atoms with Gasteiger partial charge in [0, 0.05) is 31.9 Å². The fourth-order valence-electron chi connectivity index (χ4n) is 2.04. The van der Waals surface area contributed by atoms with E-state index in [1.54, 1.807) is 24.0 Å². The second-order valence-electron chi connectivity index (χ2n) is 4.65. The van der Waals surface area contributed by atoms with Crippen LogP contribution in [0, 0.1) is 0 Å². The Morgan fingerprint density at radius 2 is 2.10 bits per heavy atom. The van der Waals surface area contributed by atoms with Gasteiger partial charge in [-0.1, -0.05) is 36.7 Å². The lowest BCUT2D eigenvalue weighted by Gasteiger charge is -2.06. The van der Waals surface area contributed by atoms with E-state index in [2.05, 4.69) is 15.7 Å². The maximum Gasteiger partial charge on any atom is 0.255 e. The molecule has 2 aromatic rings. The highest BCUT2D eigenvalue weighted by Crippen LogP contribution is 2.28. The van der Waals surface area contributed by atoms with Crippen LogP contribution in [-0.4, -0.2) is 35.3 Å². The van der Waals surface area contributed by atoms with Crippen LogP contribution in [0.1, 0.15) is 17.3 Å². The van der Waals surface area contributed by atoms with Gasteiger partial charge in [-0.2, -0.15) is 5.10 Å². The predicted octanol–water partition coefficient (Wildman–Crippen LogP) is 2.08. The summed E-state index contributed by atoms with van der Waals surface area (Å²) in [6, 6.07) is 7.38. The molecule has 0 unspecified atom stereocenters. The van der Waals surface area contributed by atoms with Gasteiger partial charge < -0.3 is 10.6 Å². The first kappa shape index (κ1) is 15.5. The summed E-state index contributed by atoms with van der Waals surface area (Å²) in [5.41, 5.74) is 1.89. The molecule has 1 heterocycles. The van der Waals surface area contributed by atoms with Crippen molar-refractivity contribution in [3.8, 4) is 11.3 Å². The van der Waals surface area contributed by atoms with Crippen LogP contribution in [0.4, 0.5) is 0 Å². The minimum Gasteiger partial charge on any atom is -0.351 e. The molecule has 0 radical (unpaired) electrons. The second-order valence-corrected chi connectivity index (χ2v) is 5.06. The van der Waals surface area contributed by atoms with Gasteiger partial charge in [0.2, 0.25) is 0 Å². The van der Waals surface area contributed by atoms with Crippen molar-refractivity contribution < 1.29 is 4.79 Å². The molecule has 6 heteroatoms. The Balaban J connectivity index is 2.21. The molecule has 0 atom stereocenters. The molecule has 0 aliphatic rings. The van der Waals surface area contributed by atoms with Gasteiger partial charge in [-0.25, -0.2) is 0 Å². The van der Waals surface area contributed by atoms with E-state index in [9.17, 15) is 4.79 Å². The first-order chi connectivity index (χ1) is 10.1. The van der Waals surface area contributed by atoms with Gasteiger partial charge in [0.15, 0.2) is 0 Å². The predicted molar refractivity (Wildman–Crippen MR) is 84.5 cm³/mol. The molecular formula is C15H19ClN4O. The van der Waals surface area contributed by atoms with E-state index < -0.39 is 0 Å². The second kappa shape index (κ2) is 7.24. The molecule has 0 bridgehead atoms. The third kappa shape index (κ3) is 3.83. The summed E-state index contributed by atoms with van der Waals surface area (Å²) in [5, 5.41) is 11.0. The molecule has 0 saturated heterocycles. The van der Waals surface area contributed by atoms with Crippen LogP contribution in [0.25, 0.3) is 11.3 Å². The molecule has 0 spiro atoms. The average molecular weight is 307 g/mol. The number of carbonyl (C=O) groups excluding carboxylic acids is 1. The normalized spacial score (nSPS) is 10.6. The molecule has 2 N–H and O–H groups in total. The number of amides is 1. The molecule has 2 rings (SSSR count). The van der Waals surface area contributed by atoms with E-state index in [1.807, 2.05) is 25.1 Å². The number of aryl methyl sites for hydroxylation is 1. The Bertz CT molecular complexity index is 624. The van der Waals surface area contributed by atoms with Crippen LogP contribution in [0.15, 0.2) is 30.5 Å². The van der Waals surface area contributed by atoms with Gasteiger partial charge in [-0.3, -0.25) is 9.48 Å². The van der Waals surface area contributed by atoms with Crippen molar-refractivity contribution in [2.24, 2.45) is 7.05 Å². The largest absolute Gasteiger partial charge is 0.351 e. The fraction of sp³-hybridized carbons (Fsp3) is 0.333. The summed E-state index contributed by atoms with van der Waals surface area (Å²) in [7, 11) is 1.79. The molecule has 1 amide bonds. The van der Waals surface area contributed by atoms with Crippen LogP contribution in [-0.2, 0) is 7.05 Å². The number of rotatable bonds is 6. The van der Waals surface area contributed by atoms with Crippen LogP contribution in [0.5, 0.6) is 0 Å². The molecule has 0 aliphatic heterocycles. The Labute approximate surface area is 129 Å². The van der Waals surface area contributed by atoms with Crippen LogP contribution in [0.3, 0.4) is 0 Å². The zero-order chi connectivity index (χ0) is 15.2. The van der Waals surface area contributed by atoms with E-state index >= 15 is 0 Å². The number of likely N-dealkylation sites (N-methyl/N-ethyl adjacent to an activating group) is 1. The number of halogens is 1. The monoisotopic (exact) mass is 306 g/mol. The minimum absolute atomic E-state index is 0.143. The Morgan fingerprint density at radius 1 is 1.33 bits per heavy atom. The van der Waals surface area contributed by atoms with Gasteiger partial charge in [0.1, 0.15) is 5.69 Å². The lowest BCUT2D eigenvalue weighted by atomic mass is 10.1. The molecule has 1 aromatic heterocycles. The molecule has 112 valence electrons. The van der Waals surface area contributed by atoms with Crippen molar-refractivity contribution in [1.29, 1.82) is 0 Å². The highest BCUT2D eigenvalue weighted by atomic mass is 35.5. The summed E-state index contributed by atoms with van der Waals surface area (Å²) in [5.74, 6) is -0.143. The van der Waals surface area contributed by atoms with E-state index in [0.29, 0.717) is 22.8 Å². The summed E-state index contributed by atoms with van der Waals surface area (Å²) in [4.78, 5) is 12.3. The zero-order valence-corrected chi connectivity index (χ0v) is 12.9. The molecule has 0 aliphatic carbocycles. The standard InChI is InChI=1S/C15H19ClN4O/c1-3-17-8-9-18-15(21)12-10-20(2)19-14(12)11-6-4-5-7-13(11)16/h4-7,10,17H,3,8-9H2,1-2H3,(H,18,21). The van der Waals surface area contributed by atoms with Gasteiger partial charge in [-0.05, 0) is 12.6 Å². The number of benzene rings is 1. The third-order valence-electron chi connectivity index (χ3n) is 3.04. The molecule has 0 saturated carbocycles. The molecule has 0 fully saturated rings. The van der Waals surface area contributed by atoms with Crippen molar-refractivity contribution in [2.75, 3.05) is 19.6 Å². The highest BCUT2D eigenvalue weighted by Gasteiger charge is 2.18. The molecule has 1 aromatic carbocycles. The number of carbonyl (C=O) groups is 1. The SMILES string of the molecule is CCNCCNC(=O)c1cn(C)nc1-c1ccccc1Cl. The number of aromatic nitrogens is 2. The zero-order valence-electron chi connectivity index (χ0n) is 12.2. The number of hydrogen-bond donors (Lipinski definition) is 2. The highest BCUT2D eigenvalue weighted by molar-refractivity contribution is 6.33. The van der Waals surface area contributed by atoms with Crippen molar-refractivity contribution in [1.82, 2.24) is 20.4 Å². The van der Waals surface area contributed by atoms with Gasteiger partial charge in [0.05, 0.1) is 10.6 Å². The Morgan fingerprint density at radius 3 is 2.81 bits per heavy atom. The number of nitrogens with one attached hydrogen (secondary N) is 2. The smallest absolute Gasteiger partial charge is 0.255 e. The van der Waals surface area contributed by atoms with Crippen molar-refractivity contribution >= 4 is 17.5 Å². The number of hydrogen-bond acceptors (Lipinski definition) is 3. The lowest BCUT2D eigenvalue weighted by Crippen LogP contribution is -2.31. The van der Waals surface area contributed by atoms with E-state index in [4.69, 9.17) is 11.6 Å². The summed E-state index contributed by atoms with van der Waals surface area (Å²) in [6.45, 7) is 4.22. The Hall–Kier alpha value is -1.85. The van der Waals surface area contributed by atoms with Crippen LogP contribution in [0.2, 0.25) is 5.02 Å². The van der Waals surface area contributed by atoms with Crippen molar-refractivity contribution in [2.45, 2.75) is 6.92 Å². The third-order valence-corrected chi connectivity index (χ3v) is 3.37. The molecular weight excluding hydrogens is 288 g/mol. The molecule has 5 nitrogen and oxygen atoms in total. The summed E-state index contributed by atoms with van der Waals surface area (Å²) < 4.78 is 1.62. The summed E-state index contributed by atoms with van der Waals surface area (Å²) in [6.07, 6.45) is 1.71. The maximum atomic E-state index is 12.3. The van der Waals surface area contributed by atoms with Crippen molar-refractivity contribution in [3.63, 3.8) is 0 Å². The van der Waals surface area contributed by atoms with E-state index in [1.165, 1.54) is 0 Å². The van der Waals surface area contributed by atoms with Crippen LogP contribution >= 0.6 is 11.6 Å². The topological polar surface area (TPSA) is 58.9 Å². The average Bonchev–Trinajstić information content (AvgIpc) is 2.86. The first-order valence-electron chi connectivity index (χ1n) is 6.91. The Kier molecular flexibility index (Phi) is 5.36. The number of nitrogens with zero attached hydrogens (tertiary/aromatic N) is 2. The molecule has 21 heavy (non-hydrogen) atoms. The van der Waals surface area contributed by atoms with Gasteiger partial charge >= 0.3 is 0 Å². The minimum atomic E-state index is -0.143. The van der Waals surface area contributed by atoms with Gasteiger partial charge in [0.25, 0.3) is 5.91 Å². The van der Waals surface area contributed by atoms with Crippen molar-refractivity contribution in [3.05, 3.63) is 41.0 Å². The van der Waals surface area contributed by atoms with E-state index in [-0.39, 0.29) is 5.91 Å².